The number of likely N-dealkylation sites (tertiary alicyclic amines) is 1. The highest BCUT2D eigenvalue weighted by atomic mass is 19.1. The van der Waals surface area contributed by atoms with Crippen LogP contribution in [0.2, 0.25) is 0 Å². The molecule has 0 aliphatic carbocycles. The molecule has 3 aromatic rings. The van der Waals surface area contributed by atoms with Crippen LogP contribution in [0.25, 0.3) is 16.9 Å². The second-order valence-electron chi connectivity index (χ2n) is 7.68. The van der Waals surface area contributed by atoms with Crippen LogP contribution in [-0.2, 0) is 0 Å². The van der Waals surface area contributed by atoms with Crippen LogP contribution in [0.15, 0.2) is 65.5 Å². The van der Waals surface area contributed by atoms with Crippen molar-refractivity contribution in [2.45, 2.75) is 32.2 Å². The first-order chi connectivity index (χ1) is 14.6. The molecule has 2 heterocycles. The lowest BCUT2D eigenvalue weighted by Crippen LogP contribution is -2.28. The molecule has 0 unspecified atom stereocenters. The van der Waals surface area contributed by atoms with Crippen molar-refractivity contribution >= 4 is 0 Å². The zero-order chi connectivity index (χ0) is 20.9. The van der Waals surface area contributed by atoms with Crippen LogP contribution in [0.1, 0.15) is 26.2 Å². The van der Waals surface area contributed by atoms with Gasteiger partial charge in [-0.3, -0.25) is 4.79 Å². The Labute approximate surface area is 175 Å². The summed E-state index contributed by atoms with van der Waals surface area (Å²) in [5.74, 6) is -0.189. The number of ether oxygens (including phenoxy) is 1. The zero-order valence-corrected chi connectivity index (χ0v) is 17.1. The molecule has 30 heavy (non-hydrogen) atoms. The van der Waals surface area contributed by atoms with Crippen molar-refractivity contribution in [2.75, 3.05) is 19.7 Å². The summed E-state index contributed by atoms with van der Waals surface area (Å²) in [6, 6.07) is 17.6. The van der Waals surface area contributed by atoms with E-state index in [0.717, 1.165) is 19.5 Å². The van der Waals surface area contributed by atoms with Crippen LogP contribution < -0.4 is 10.3 Å². The number of para-hydroxylation sites is 1. The van der Waals surface area contributed by atoms with Crippen molar-refractivity contribution < 1.29 is 9.13 Å². The third-order valence-corrected chi connectivity index (χ3v) is 5.57. The maximum Gasteiger partial charge on any atom is 0.271 e. The normalized spacial score (nSPS) is 16.7. The molecule has 0 spiro atoms. The minimum atomic E-state index is -0.429. The molecular weight excluding hydrogens is 381 g/mol. The highest BCUT2D eigenvalue weighted by molar-refractivity contribution is 5.60. The fourth-order valence-corrected chi connectivity index (χ4v) is 3.87. The largest absolute Gasteiger partial charge is 0.490 e. The Kier molecular flexibility index (Phi) is 6.23. The first kappa shape index (κ1) is 20.3. The van der Waals surface area contributed by atoms with Gasteiger partial charge in [-0.05, 0) is 69.1 Å². The van der Waals surface area contributed by atoms with E-state index in [1.807, 2.05) is 18.2 Å². The van der Waals surface area contributed by atoms with E-state index in [2.05, 4.69) is 16.9 Å². The molecule has 0 saturated carbocycles. The van der Waals surface area contributed by atoms with E-state index >= 15 is 0 Å². The van der Waals surface area contributed by atoms with Gasteiger partial charge < -0.3 is 9.64 Å². The van der Waals surface area contributed by atoms with E-state index in [1.54, 1.807) is 30.3 Å². The van der Waals surface area contributed by atoms with E-state index in [-0.39, 0.29) is 11.3 Å². The number of nitrogens with zero attached hydrogens (tertiary/aromatic N) is 3. The standard InChI is InChI=1S/C24H26FN3O2/c1-18-7-5-14-27(18)15-6-16-30-23-12-10-19(17-21(23)25)22-11-13-24(29)28(26-22)20-8-3-2-4-9-20/h2-4,8-13,17-18H,5-7,14-16H2,1H3/t18-/m1/s1. The molecule has 6 heteroatoms. The highest BCUT2D eigenvalue weighted by Crippen LogP contribution is 2.24. The van der Waals surface area contributed by atoms with Gasteiger partial charge in [-0.1, -0.05) is 18.2 Å². The molecule has 2 aromatic carbocycles. The van der Waals surface area contributed by atoms with Crippen LogP contribution in [0.5, 0.6) is 5.75 Å². The number of benzene rings is 2. The Morgan fingerprint density at radius 1 is 1.13 bits per heavy atom. The maximum absolute atomic E-state index is 14.6. The topological polar surface area (TPSA) is 47.4 Å². The van der Waals surface area contributed by atoms with Crippen molar-refractivity contribution in [3.8, 4) is 22.7 Å². The molecule has 0 radical (unpaired) electrons. The lowest BCUT2D eigenvalue weighted by Gasteiger charge is -2.20. The van der Waals surface area contributed by atoms with Crippen molar-refractivity contribution in [1.29, 1.82) is 0 Å². The SMILES string of the molecule is C[C@@H]1CCCN1CCCOc1ccc(-c2ccc(=O)n(-c3ccccc3)n2)cc1F. The van der Waals surface area contributed by atoms with Crippen molar-refractivity contribution in [1.82, 2.24) is 14.7 Å². The first-order valence-corrected chi connectivity index (χ1v) is 10.4. The Hall–Kier alpha value is -2.99. The summed E-state index contributed by atoms with van der Waals surface area (Å²) in [6.45, 7) is 4.85. The molecule has 1 aliphatic heterocycles. The Bertz CT molecular complexity index is 1050. The fourth-order valence-electron chi connectivity index (χ4n) is 3.87. The van der Waals surface area contributed by atoms with E-state index in [9.17, 15) is 9.18 Å². The van der Waals surface area contributed by atoms with Crippen LogP contribution in [-0.4, -0.2) is 40.4 Å². The van der Waals surface area contributed by atoms with Gasteiger partial charge in [0.1, 0.15) is 0 Å². The molecule has 0 bridgehead atoms. The van der Waals surface area contributed by atoms with Gasteiger partial charge in [0.15, 0.2) is 11.6 Å². The van der Waals surface area contributed by atoms with E-state index < -0.39 is 5.82 Å². The first-order valence-electron chi connectivity index (χ1n) is 10.4. The fraction of sp³-hybridized carbons (Fsp3) is 0.333. The average molecular weight is 407 g/mol. The molecule has 1 fully saturated rings. The van der Waals surface area contributed by atoms with Gasteiger partial charge in [0.05, 0.1) is 18.0 Å². The number of hydrogen-bond acceptors (Lipinski definition) is 4. The second-order valence-corrected chi connectivity index (χ2v) is 7.68. The predicted octanol–water partition coefficient (Wildman–Crippen LogP) is 4.29. The maximum atomic E-state index is 14.6. The summed E-state index contributed by atoms with van der Waals surface area (Å²) >= 11 is 0. The third-order valence-electron chi connectivity index (χ3n) is 5.57. The molecule has 0 N–H and O–H groups in total. The van der Waals surface area contributed by atoms with Crippen LogP contribution in [0.4, 0.5) is 4.39 Å². The van der Waals surface area contributed by atoms with Gasteiger partial charge in [0, 0.05) is 24.2 Å². The Morgan fingerprint density at radius 2 is 1.97 bits per heavy atom. The Morgan fingerprint density at radius 3 is 2.70 bits per heavy atom. The van der Waals surface area contributed by atoms with Crippen molar-refractivity contribution in [2.24, 2.45) is 0 Å². The van der Waals surface area contributed by atoms with Crippen LogP contribution in [0.3, 0.4) is 0 Å². The van der Waals surface area contributed by atoms with Gasteiger partial charge in [-0.15, -0.1) is 0 Å². The van der Waals surface area contributed by atoms with Crippen LogP contribution >= 0.6 is 0 Å². The summed E-state index contributed by atoms with van der Waals surface area (Å²) in [5.41, 5.74) is 1.54. The van der Waals surface area contributed by atoms with Crippen molar-refractivity contribution in [3.63, 3.8) is 0 Å². The molecule has 1 saturated heterocycles. The lowest BCUT2D eigenvalue weighted by molar-refractivity contribution is 0.226. The molecule has 1 aromatic heterocycles. The summed E-state index contributed by atoms with van der Waals surface area (Å²) in [5, 5.41) is 4.40. The minimum Gasteiger partial charge on any atom is -0.490 e. The van der Waals surface area contributed by atoms with Gasteiger partial charge >= 0.3 is 0 Å². The van der Waals surface area contributed by atoms with Crippen LogP contribution in [0, 0.1) is 5.82 Å². The molecule has 5 nitrogen and oxygen atoms in total. The molecule has 1 aliphatic rings. The Balaban J connectivity index is 1.43. The monoisotopic (exact) mass is 407 g/mol. The number of halogens is 1. The predicted molar refractivity (Wildman–Crippen MR) is 116 cm³/mol. The molecule has 156 valence electrons. The molecular formula is C24H26FN3O2. The zero-order valence-electron chi connectivity index (χ0n) is 17.1. The van der Waals surface area contributed by atoms with E-state index in [0.29, 0.717) is 29.6 Å². The average Bonchev–Trinajstić information content (AvgIpc) is 3.18. The highest BCUT2D eigenvalue weighted by Gasteiger charge is 2.19. The number of hydrogen-bond donors (Lipinski definition) is 0. The van der Waals surface area contributed by atoms with Crippen molar-refractivity contribution in [3.05, 3.63) is 76.8 Å². The van der Waals surface area contributed by atoms with E-state index in [1.165, 1.54) is 29.7 Å². The minimum absolute atomic E-state index is 0.238. The van der Waals surface area contributed by atoms with Gasteiger partial charge in [-0.25, -0.2) is 4.39 Å². The summed E-state index contributed by atoms with van der Waals surface area (Å²) < 4.78 is 21.6. The third kappa shape index (κ3) is 4.60. The van der Waals surface area contributed by atoms with E-state index in [4.69, 9.17) is 4.74 Å². The molecule has 4 rings (SSSR count). The molecule has 1 atom stereocenters. The smallest absolute Gasteiger partial charge is 0.271 e. The van der Waals surface area contributed by atoms with Gasteiger partial charge in [0.2, 0.25) is 0 Å². The lowest BCUT2D eigenvalue weighted by atomic mass is 10.1. The molecule has 0 amide bonds. The number of rotatable bonds is 7. The van der Waals surface area contributed by atoms with Gasteiger partial charge in [0.25, 0.3) is 5.56 Å². The summed E-state index contributed by atoms with van der Waals surface area (Å²) in [7, 11) is 0. The summed E-state index contributed by atoms with van der Waals surface area (Å²) in [6.07, 6.45) is 3.38. The quantitative estimate of drug-likeness (QED) is 0.548. The second kappa shape index (κ2) is 9.22. The number of aromatic nitrogens is 2. The van der Waals surface area contributed by atoms with Gasteiger partial charge in [-0.2, -0.15) is 9.78 Å². The summed E-state index contributed by atoms with van der Waals surface area (Å²) in [4.78, 5) is 14.6.